The summed E-state index contributed by atoms with van der Waals surface area (Å²) < 4.78 is 13.5. The number of aromatic hydroxyl groups is 1. The number of rotatable bonds is 2. The van der Waals surface area contributed by atoms with Crippen LogP contribution in [0.1, 0.15) is 31.2 Å². The predicted octanol–water partition coefficient (Wildman–Crippen LogP) is 3.15. The first kappa shape index (κ1) is 15.5. The largest absolute Gasteiger partial charge is 0.508 e. The van der Waals surface area contributed by atoms with Crippen molar-refractivity contribution in [3.8, 4) is 5.75 Å². The van der Waals surface area contributed by atoms with Gasteiger partial charge >= 0.3 is 0 Å². The number of nitrogens with one attached hydrogen (secondary N) is 1. The smallest absolute Gasteiger partial charge is 0.132 e. The van der Waals surface area contributed by atoms with Crippen LogP contribution in [0.4, 0.5) is 4.39 Å². The molecule has 0 bridgehead atoms. The summed E-state index contributed by atoms with van der Waals surface area (Å²) in [5.41, 5.74) is 0.483. The lowest BCUT2D eigenvalue weighted by Gasteiger charge is -2.16. The molecule has 2 N–H and O–H groups in total. The molecule has 1 aromatic carbocycles. The molecule has 2 saturated heterocycles. The fourth-order valence-electron chi connectivity index (χ4n) is 2.53. The van der Waals surface area contributed by atoms with Gasteiger partial charge in [-0.3, -0.25) is 4.90 Å². The second-order valence-corrected chi connectivity index (χ2v) is 5.74. The zero-order chi connectivity index (χ0) is 14.4. The minimum atomic E-state index is -0.424. The van der Waals surface area contributed by atoms with Gasteiger partial charge in [0.05, 0.1) is 5.02 Å². The first-order chi connectivity index (χ1) is 9.66. The van der Waals surface area contributed by atoms with Crippen molar-refractivity contribution in [1.82, 2.24) is 10.2 Å². The molecule has 2 aliphatic rings. The van der Waals surface area contributed by atoms with Gasteiger partial charge in [-0.15, -0.1) is 0 Å². The van der Waals surface area contributed by atoms with Gasteiger partial charge in [-0.05, 0) is 57.9 Å². The molecular weight excluding hydrogens is 279 g/mol. The van der Waals surface area contributed by atoms with E-state index in [1.54, 1.807) is 0 Å². The Labute approximate surface area is 124 Å². The molecule has 1 aromatic rings. The van der Waals surface area contributed by atoms with Crippen molar-refractivity contribution in [3.05, 3.63) is 28.5 Å². The molecule has 2 aliphatic heterocycles. The Morgan fingerprint density at radius 1 is 1.15 bits per heavy atom. The van der Waals surface area contributed by atoms with Gasteiger partial charge in [0.15, 0.2) is 0 Å². The van der Waals surface area contributed by atoms with Crippen LogP contribution >= 0.6 is 11.6 Å². The fraction of sp³-hybridized carbons (Fsp3) is 0.600. The van der Waals surface area contributed by atoms with E-state index < -0.39 is 5.82 Å². The van der Waals surface area contributed by atoms with Gasteiger partial charge in [0.25, 0.3) is 0 Å². The lowest BCUT2D eigenvalue weighted by atomic mass is 10.2. The Kier molecular flexibility index (Phi) is 6.07. The van der Waals surface area contributed by atoms with Crippen LogP contribution in [0.3, 0.4) is 0 Å². The van der Waals surface area contributed by atoms with E-state index in [9.17, 15) is 4.39 Å². The van der Waals surface area contributed by atoms with Gasteiger partial charge in [0.1, 0.15) is 11.6 Å². The normalized spacial score (nSPS) is 18.9. The van der Waals surface area contributed by atoms with E-state index in [1.807, 2.05) is 0 Å². The number of phenolic OH excluding ortho intramolecular Hbond substituents is 1. The van der Waals surface area contributed by atoms with Crippen molar-refractivity contribution >= 4 is 11.6 Å². The highest BCUT2D eigenvalue weighted by Gasteiger charge is 2.16. The third kappa shape index (κ3) is 4.62. The molecular formula is C15H22ClFN2O. The number of hydrogen-bond donors (Lipinski definition) is 2. The molecule has 5 heteroatoms. The molecule has 0 atom stereocenters. The Hall–Kier alpha value is -0.840. The van der Waals surface area contributed by atoms with Gasteiger partial charge in [0.2, 0.25) is 0 Å². The molecule has 0 amide bonds. The van der Waals surface area contributed by atoms with Gasteiger partial charge in [-0.2, -0.15) is 0 Å². The maximum atomic E-state index is 13.5. The van der Waals surface area contributed by atoms with Crippen molar-refractivity contribution in [3.63, 3.8) is 0 Å². The van der Waals surface area contributed by atoms with E-state index >= 15 is 0 Å². The lowest BCUT2D eigenvalue weighted by Crippen LogP contribution is -2.19. The highest BCUT2D eigenvalue weighted by molar-refractivity contribution is 6.31. The monoisotopic (exact) mass is 300 g/mol. The van der Waals surface area contributed by atoms with Crippen molar-refractivity contribution in [2.75, 3.05) is 26.2 Å². The van der Waals surface area contributed by atoms with Gasteiger partial charge in [0, 0.05) is 18.2 Å². The van der Waals surface area contributed by atoms with E-state index in [-0.39, 0.29) is 5.75 Å². The summed E-state index contributed by atoms with van der Waals surface area (Å²) in [7, 11) is 0. The minimum Gasteiger partial charge on any atom is -0.508 e. The minimum absolute atomic E-state index is 0.123. The molecule has 0 aromatic heterocycles. The fourth-order valence-corrected chi connectivity index (χ4v) is 2.79. The van der Waals surface area contributed by atoms with Gasteiger partial charge < -0.3 is 10.4 Å². The SMILES string of the molecule is C1CCNC1.Oc1cc(F)c(CN2CCCC2)c(Cl)c1. The number of nitrogens with zero attached hydrogens (tertiary/aromatic N) is 1. The zero-order valence-electron chi connectivity index (χ0n) is 11.7. The molecule has 3 rings (SSSR count). The summed E-state index contributed by atoms with van der Waals surface area (Å²) in [4.78, 5) is 2.17. The van der Waals surface area contributed by atoms with Gasteiger partial charge in [-0.1, -0.05) is 11.6 Å². The third-order valence-corrected chi connectivity index (χ3v) is 4.00. The quantitative estimate of drug-likeness (QED) is 0.881. The zero-order valence-corrected chi connectivity index (χ0v) is 12.4. The van der Waals surface area contributed by atoms with Crippen LogP contribution in [0.25, 0.3) is 0 Å². The van der Waals surface area contributed by atoms with Crippen LogP contribution in [-0.2, 0) is 6.54 Å². The Morgan fingerprint density at radius 2 is 1.80 bits per heavy atom. The highest BCUT2D eigenvalue weighted by Crippen LogP contribution is 2.27. The van der Waals surface area contributed by atoms with E-state index in [0.717, 1.165) is 32.0 Å². The average Bonchev–Trinajstić information content (AvgIpc) is 3.09. The third-order valence-electron chi connectivity index (χ3n) is 3.66. The van der Waals surface area contributed by atoms with E-state index in [4.69, 9.17) is 16.7 Å². The van der Waals surface area contributed by atoms with E-state index in [1.165, 1.54) is 32.0 Å². The Bertz CT molecular complexity index is 401. The van der Waals surface area contributed by atoms with Crippen LogP contribution in [0.15, 0.2) is 12.1 Å². The highest BCUT2D eigenvalue weighted by atomic mass is 35.5. The summed E-state index contributed by atoms with van der Waals surface area (Å²) in [5, 5.41) is 12.7. The molecule has 20 heavy (non-hydrogen) atoms. The Morgan fingerprint density at radius 3 is 2.30 bits per heavy atom. The molecule has 0 aliphatic carbocycles. The van der Waals surface area contributed by atoms with Crippen molar-refractivity contribution in [2.24, 2.45) is 0 Å². The van der Waals surface area contributed by atoms with Crippen LogP contribution in [-0.4, -0.2) is 36.2 Å². The number of phenols is 1. The molecule has 0 unspecified atom stereocenters. The van der Waals surface area contributed by atoms with E-state index in [0.29, 0.717) is 17.1 Å². The first-order valence-corrected chi connectivity index (χ1v) is 7.64. The molecule has 112 valence electrons. The molecule has 0 spiro atoms. The van der Waals surface area contributed by atoms with Gasteiger partial charge in [-0.25, -0.2) is 4.39 Å². The summed E-state index contributed by atoms with van der Waals surface area (Å²) in [6.45, 7) is 5.03. The molecule has 2 fully saturated rings. The van der Waals surface area contributed by atoms with Crippen LogP contribution in [0.5, 0.6) is 5.75 Å². The molecule has 0 saturated carbocycles. The molecule has 3 nitrogen and oxygen atoms in total. The predicted molar refractivity (Wildman–Crippen MR) is 79.7 cm³/mol. The summed E-state index contributed by atoms with van der Waals surface area (Å²) in [6.07, 6.45) is 5.11. The van der Waals surface area contributed by atoms with Crippen molar-refractivity contribution in [1.29, 1.82) is 0 Å². The number of halogens is 2. The first-order valence-electron chi connectivity index (χ1n) is 7.27. The van der Waals surface area contributed by atoms with E-state index in [2.05, 4.69) is 10.2 Å². The summed E-state index contributed by atoms with van der Waals surface area (Å²) in [6, 6.07) is 2.49. The molecule has 2 heterocycles. The average molecular weight is 301 g/mol. The number of benzene rings is 1. The second-order valence-electron chi connectivity index (χ2n) is 5.33. The van der Waals surface area contributed by atoms with Crippen LogP contribution < -0.4 is 5.32 Å². The maximum Gasteiger partial charge on any atom is 0.132 e. The van der Waals surface area contributed by atoms with Crippen LogP contribution in [0, 0.1) is 5.82 Å². The summed E-state index contributed by atoms with van der Waals surface area (Å²) >= 11 is 5.89. The maximum absolute atomic E-state index is 13.5. The lowest BCUT2D eigenvalue weighted by molar-refractivity contribution is 0.325. The second kappa shape index (κ2) is 7.81. The van der Waals surface area contributed by atoms with Crippen LogP contribution in [0.2, 0.25) is 5.02 Å². The van der Waals surface area contributed by atoms with Crippen molar-refractivity contribution < 1.29 is 9.50 Å². The number of likely N-dealkylation sites (tertiary alicyclic amines) is 1. The topological polar surface area (TPSA) is 35.5 Å². The standard InChI is InChI=1S/C11H13ClFNO.C4H9N/c12-10-5-8(15)6-11(13)9(10)7-14-3-1-2-4-14;1-2-4-5-3-1/h5-6,15H,1-4,7H2;5H,1-4H2. The molecule has 0 radical (unpaired) electrons. The summed E-state index contributed by atoms with van der Waals surface area (Å²) in [5.74, 6) is -0.547. The number of hydrogen-bond acceptors (Lipinski definition) is 3. The van der Waals surface area contributed by atoms with Crippen molar-refractivity contribution in [2.45, 2.75) is 32.2 Å². The Balaban J connectivity index is 0.000000247.